The highest BCUT2D eigenvalue weighted by Crippen LogP contribution is 2.26. The molecule has 0 spiro atoms. The van der Waals surface area contributed by atoms with Crippen LogP contribution in [0.2, 0.25) is 5.02 Å². The Hall–Kier alpha value is -2.13. The average molecular weight is 299 g/mol. The third-order valence-corrected chi connectivity index (χ3v) is 3.68. The summed E-state index contributed by atoms with van der Waals surface area (Å²) in [5.41, 5.74) is 2.11. The Labute approximate surface area is 127 Å². The van der Waals surface area contributed by atoms with E-state index in [1.54, 1.807) is 4.57 Å². The average Bonchev–Trinajstić information content (AvgIpc) is 2.47. The fraction of sp³-hybridized carbons (Fsp3) is 0.176. The summed E-state index contributed by atoms with van der Waals surface area (Å²) in [6.45, 7) is 4.06. The van der Waals surface area contributed by atoms with Crippen molar-refractivity contribution in [3.63, 3.8) is 0 Å². The number of para-hydroxylation sites is 1. The van der Waals surface area contributed by atoms with Crippen molar-refractivity contribution in [1.82, 2.24) is 9.55 Å². The van der Waals surface area contributed by atoms with Crippen LogP contribution in [0.3, 0.4) is 0 Å². The summed E-state index contributed by atoms with van der Waals surface area (Å²) in [6, 6.07) is 15.1. The molecule has 0 N–H and O–H groups in total. The first kappa shape index (κ1) is 13.8. The molecule has 4 heteroatoms. The Bertz CT molecular complexity index is 854. The standard InChI is InChI=1S/C17H15ClN2O/c1-11(2)16-14-9-8-12(18)10-15(14)20(17(21)19-16)13-6-4-3-5-7-13/h3-11H,1-2H3. The second-order valence-corrected chi connectivity index (χ2v) is 5.70. The van der Waals surface area contributed by atoms with Crippen molar-refractivity contribution >= 4 is 22.5 Å². The molecule has 0 saturated carbocycles. The lowest BCUT2D eigenvalue weighted by atomic mass is 10.0. The van der Waals surface area contributed by atoms with Crippen molar-refractivity contribution in [3.8, 4) is 5.69 Å². The summed E-state index contributed by atoms with van der Waals surface area (Å²) < 4.78 is 1.60. The van der Waals surface area contributed by atoms with Crippen LogP contribution in [-0.2, 0) is 0 Å². The molecular weight excluding hydrogens is 284 g/mol. The second kappa shape index (κ2) is 5.34. The molecule has 0 aliphatic carbocycles. The van der Waals surface area contributed by atoms with E-state index in [0.717, 1.165) is 22.3 Å². The van der Waals surface area contributed by atoms with Crippen molar-refractivity contribution < 1.29 is 0 Å². The van der Waals surface area contributed by atoms with E-state index in [1.807, 2.05) is 62.4 Å². The number of hydrogen-bond donors (Lipinski definition) is 0. The minimum atomic E-state index is -0.278. The van der Waals surface area contributed by atoms with E-state index in [0.29, 0.717) is 5.02 Å². The highest BCUT2D eigenvalue weighted by molar-refractivity contribution is 6.31. The largest absolute Gasteiger partial charge is 0.352 e. The normalized spacial score (nSPS) is 11.2. The molecule has 0 saturated heterocycles. The molecule has 1 aromatic heterocycles. The molecule has 0 amide bonds. The zero-order valence-corrected chi connectivity index (χ0v) is 12.6. The number of benzene rings is 2. The second-order valence-electron chi connectivity index (χ2n) is 5.27. The van der Waals surface area contributed by atoms with Gasteiger partial charge in [-0.2, -0.15) is 4.98 Å². The summed E-state index contributed by atoms with van der Waals surface area (Å²) in [6.07, 6.45) is 0. The van der Waals surface area contributed by atoms with Crippen LogP contribution in [0.5, 0.6) is 0 Å². The molecule has 3 nitrogen and oxygen atoms in total. The van der Waals surface area contributed by atoms with Gasteiger partial charge >= 0.3 is 5.69 Å². The van der Waals surface area contributed by atoms with E-state index < -0.39 is 0 Å². The van der Waals surface area contributed by atoms with E-state index in [9.17, 15) is 4.79 Å². The van der Waals surface area contributed by atoms with Gasteiger partial charge in [0.15, 0.2) is 0 Å². The summed E-state index contributed by atoms with van der Waals surface area (Å²) in [5, 5.41) is 1.56. The van der Waals surface area contributed by atoms with Gasteiger partial charge in [0.05, 0.1) is 16.9 Å². The molecule has 3 aromatic rings. The van der Waals surface area contributed by atoms with Gasteiger partial charge < -0.3 is 0 Å². The lowest BCUT2D eigenvalue weighted by molar-refractivity contribution is 0.802. The van der Waals surface area contributed by atoms with Crippen LogP contribution in [0, 0.1) is 0 Å². The molecule has 106 valence electrons. The molecule has 21 heavy (non-hydrogen) atoms. The first-order valence-electron chi connectivity index (χ1n) is 6.85. The Morgan fingerprint density at radius 3 is 2.48 bits per heavy atom. The number of halogens is 1. The van der Waals surface area contributed by atoms with Crippen molar-refractivity contribution in [1.29, 1.82) is 0 Å². The van der Waals surface area contributed by atoms with E-state index >= 15 is 0 Å². The SMILES string of the molecule is CC(C)c1nc(=O)n(-c2ccccc2)c2cc(Cl)ccc12. The Morgan fingerprint density at radius 1 is 1.10 bits per heavy atom. The molecule has 0 fully saturated rings. The summed E-state index contributed by atoms with van der Waals surface area (Å²) in [4.78, 5) is 16.8. The fourth-order valence-electron chi connectivity index (χ4n) is 2.49. The Kier molecular flexibility index (Phi) is 3.52. The lowest BCUT2D eigenvalue weighted by Crippen LogP contribution is -2.24. The van der Waals surface area contributed by atoms with Crippen LogP contribution in [-0.4, -0.2) is 9.55 Å². The van der Waals surface area contributed by atoms with Gasteiger partial charge in [0.2, 0.25) is 0 Å². The van der Waals surface area contributed by atoms with Gasteiger partial charge in [-0.25, -0.2) is 4.79 Å². The van der Waals surface area contributed by atoms with Crippen LogP contribution in [0.4, 0.5) is 0 Å². The molecule has 0 aliphatic rings. The fourth-order valence-corrected chi connectivity index (χ4v) is 2.66. The molecule has 0 atom stereocenters. The molecule has 0 unspecified atom stereocenters. The van der Waals surface area contributed by atoms with Crippen LogP contribution in [0.25, 0.3) is 16.6 Å². The highest BCUT2D eigenvalue weighted by atomic mass is 35.5. The topological polar surface area (TPSA) is 34.9 Å². The van der Waals surface area contributed by atoms with Crippen molar-refractivity contribution in [3.05, 3.63) is 69.7 Å². The van der Waals surface area contributed by atoms with Gasteiger partial charge in [-0.15, -0.1) is 0 Å². The lowest BCUT2D eigenvalue weighted by Gasteiger charge is -2.14. The van der Waals surface area contributed by atoms with E-state index in [1.165, 1.54) is 0 Å². The van der Waals surface area contributed by atoms with Crippen LogP contribution in [0.15, 0.2) is 53.3 Å². The van der Waals surface area contributed by atoms with Gasteiger partial charge in [-0.05, 0) is 36.2 Å². The third kappa shape index (κ3) is 2.45. The Balaban J connectivity index is 2.46. The first-order chi connectivity index (χ1) is 10.1. The molecule has 0 radical (unpaired) electrons. The van der Waals surface area contributed by atoms with Gasteiger partial charge in [0.25, 0.3) is 0 Å². The molecule has 3 rings (SSSR count). The maximum atomic E-state index is 12.5. The number of hydrogen-bond acceptors (Lipinski definition) is 2. The first-order valence-corrected chi connectivity index (χ1v) is 7.23. The molecule has 0 aliphatic heterocycles. The number of fused-ring (bicyclic) bond motifs is 1. The minimum Gasteiger partial charge on any atom is -0.260 e. The molecule has 0 bridgehead atoms. The van der Waals surface area contributed by atoms with Crippen molar-refractivity contribution in [2.75, 3.05) is 0 Å². The quantitative estimate of drug-likeness (QED) is 0.712. The highest BCUT2D eigenvalue weighted by Gasteiger charge is 2.14. The minimum absolute atomic E-state index is 0.173. The molecule has 2 aromatic carbocycles. The summed E-state index contributed by atoms with van der Waals surface area (Å²) in [7, 11) is 0. The van der Waals surface area contributed by atoms with Gasteiger partial charge in [0, 0.05) is 10.4 Å². The summed E-state index contributed by atoms with van der Waals surface area (Å²) >= 11 is 6.13. The zero-order valence-electron chi connectivity index (χ0n) is 11.9. The maximum absolute atomic E-state index is 12.5. The monoisotopic (exact) mass is 298 g/mol. The number of nitrogens with zero attached hydrogens (tertiary/aromatic N) is 2. The van der Waals surface area contributed by atoms with Crippen molar-refractivity contribution in [2.24, 2.45) is 0 Å². The maximum Gasteiger partial charge on any atom is 0.352 e. The van der Waals surface area contributed by atoms with Crippen LogP contribution >= 0.6 is 11.6 Å². The van der Waals surface area contributed by atoms with Crippen LogP contribution < -0.4 is 5.69 Å². The number of aromatic nitrogens is 2. The third-order valence-electron chi connectivity index (χ3n) is 3.45. The molecule has 1 heterocycles. The zero-order chi connectivity index (χ0) is 15.0. The van der Waals surface area contributed by atoms with Crippen molar-refractivity contribution in [2.45, 2.75) is 19.8 Å². The van der Waals surface area contributed by atoms with Crippen LogP contribution in [0.1, 0.15) is 25.5 Å². The predicted molar refractivity (Wildman–Crippen MR) is 86.4 cm³/mol. The number of rotatable bonds is 2. The molecular formula is C17H15ClN2O. The smallest absolute Gasteiger partial charge is 0.260 e. The van der Waals surface area contributed by atoms with E-state index in [-0.39, 0.29) is 11.6 Å². The van der Waals surface area contributed by atoms with Gasteiger partial charge in [0.1, 0.15) is 0 Å². The van der Waals surface area contributed by atoms with E-state index in [4.69, 9.17) is 11.6 Å². The Morgan fingerprint density at radius 2 is 1.81 bits per heavy atom. The van der Waals surface area contributed by atoms with Gasteiger partial charge in [-0.1, -0.05) is 43.6 Å². The van der Waals surface area contributed by atoms with Gasteiger partial charge in [-0.3, -0.25) is 4.57 Å². The predicted octanol–water partition coefficient (Wildman–Crippen LogP) is 4.16. The van der Waals surface area contributed by atoms with E-state index in [2.05, 4.69) is 4.98 Å². The summed E-state index contributed by atoms with van der Waals surface area (Å²) in [5.74, 6) is 0.173.